The van der Waals surface area contributed by atoms with E-state index in [1.807, 2.05) is 32.0 Å². The fourth-order valence-corrected chi connectivity index (χ4v) is 3.75. The third-order valence-corrected chi connectivity index (χ3v) is 5.81. The summed E-state index contributed by atoms with van der Waals surface area (Å²) < 4.78 is 30.2. The Kier molecular flexibility index (Phi) is 7.84. The lowest BCUT2D eigenvalue weighted by molar-refractivity contribution is -0.116. The van der Waals surface area contributed by atoms with E-state index >= 15 is 0 Å². The second kappa shape index (κ2) is 10.8. The number of anilines is 1. The fraction of sp³-hybridized carbons (Fsp3) is 0.273. The Labute approximate surface area is 193 Å². The van der Waals surface area contributed by atoms with Crippen LogP contribution in [0.1, 0.15) is 17.5 Å². The van der Waals surface area contributed by atoms with Crippen molar-refractivity contribution in [1.82, 2.24) is 14.9 Å². The standard InChI is InChI=1S/C22H22F2N6O2S/c1-14-4-7-17(12-15(14)2)29(11-3-10-25)19(31)13-33-22-28-27-20(30(22)26)16-5-8-18(9-6-16)32-21(23)24/h4-9,12,21H,3,11,13,26H2,1-2H3. The average molecular weight is 473 g/mol. The zero-order valence-corrected chi connectivity index (χ0v) is 18.9. The van der Waals surface area contributed by atoms with Gasteiger partial charge < -0.3 is 15.5 Å². The number of aryl methyl sites for hydroxylation is 2. The minimum atomic E-state index is -2.91. The number of thioether (sulfide) groups is 1. The molecule has 0 aliphatic rings. The van der Waals surface area contributed by atoms with Gasteiger partial charge in [0.15, 0.2) is 5.82 Å². The predicted molar refractivity (Wildman–Crippen MR) is 121 cm³/mol. The summed E-state index contributed by atoms with van der Waals surface area (Å²) in [5, 5.41) is 17.4. The van der Waals surface area contributed by atoms with Crippen LogP contribution in [0.25, 0.3) is 11.4 Å². The Balaban J connectivity index is 1.71. The van der Waals surface area contributed by atoms with Crippen molar-refractivity contribution in [2.75, 3.05) is 23.0 Å². The van der Waals surface area contributed by atoms with Crippen LogP contribution in [0.15, 0.2) is 47.6 Å². The van der Waals surface area contributed by atoms with Crippen LogP contribution in [0.5, 0.6) is 5.75 Å². The SMILES string of the molecule is Cc1ccc(N(CCC#N)C(=O)CSc2nnc(-c3ccc(OC(F)F)cc3)n2N)cc1C. The lowest BCUT2D eigenvalue weighted by atomic mass is 10.1. The van der Waals surface area contributed by atoms with Crippen molar-refractivity contribution in [2.45, 2.75) is 32.0 Å². The van der Waals surface area contributed by atoms with E-state index in [1.165, 1.54) is 28.9 Å². The molecule has 2 N–H and O–H groups in total. The predicted octanol–water partition coefficient (Wildman–Crippen LogP) is 3.92. The molecule has 0 saturated heterocycles. The first-order chi connectivity index (χ1) is 15.8. The number of benzene rings is 2. The summed E-state index contributed by atoms with van der Waals surface area (Å²) in [5.41, 5.74) is 3.43. The Morgan fingerprint density at radius 1 is 1.21 bits per heavy atom. The van der Waals surface area contributed by atoms with Gasteiger partial charge in [0, 0.05) is 17.8 Å². The van der Waals surface area contributed by atoms with E-state index in [0.29, 0.717) is 16.5 Å². The summed E-state index contributed by atoms with van der Waals surface area (Å²) in [6, 6.07) is 13.6. The maximum atomic E-state index is 13.0. The van der Waals surface area contributed by atoms with Gasteiger partial charge in [-0.25, -0.2) is 4.68 Å². The van der Waals surface area contributed by atoms with Crippen LogP contribution in [0.2, 0.25) is 0 Å². The van der Waals surface area contributed by atoms with Gasteiger partial charge in [0.1, 0.15) is 5.75 Å². The number of ether oxygens (including phenoxy) is 1. The molecule has 11 heteroatoms. The maximum absolute atomic E-state index is 13.0. The van der Waals surface area contributed by atoms with Gasteiger partial charge in [0.25, 0.3) is 0 Å². The molecule has 1 aromatic heterocycles. The molecule has 0 bridgehead atoms. The van der Waals surface area contributed by atoms with Crippen molar-refractivity contribution in [3.8, 4) is 23.2 Å². The Morgan fingerprint density at radius 3 is 2.58 bits per heavy atom. The Morgan fingerprint density at radius 2 is 1.94 bits per heavy atom. The van der Waals surface area contributed by atoms with E-state index in [4.69, 9.17) is 11.1 Å². The number of carbonyl (C=O) groups is 1. The molecule has 0 aliphatic heterocycles. The zero-order valence-electron chi connectivity index (χ0n) is 18.0. The summed E-state index contributed by atoms with van der Waals surface area (Å²) in [6.07, 6.45) is 0.200. The minimum absolute atomic E-state index is 0.0147. The van der Waals surface area contributed by atoms with Crippen molar-refractivity contribution in [2.24, 2.45) is 0 Å². The molecule has 1 heterocycles. The van der Waals surface area contributed by atoms with Crippen molar-refractivity contribution < 1.29 is 18.3 Å². The smallest absolute Gasteiger partial charge is 0.387 e. The molecular formula is C22H22F2N6O2S. The Hall–Kier alpha value is -3.65. The van der Waals surface area contributed by atoms with Gasteiger partial charge in [0.05, 0.1) is 18.2 Å². The quantitative estimate of drug-likeness (QED) is 0.371. The maximum Gasteiger partial charge on any atom is 0.387 e. The number of hydrogen-bond donors (Lipinski definition) is 1. The molecule has 0 aliphatic carbocycles. The summed E-state index contributed by atoms with van der Waals surface area (Å²) in [5.74, 6) is 6.26. The molecule has 33 heavy (non-hydrogen) atoms. The monoisotopic (exact) mass is 472 g/mol. The van der Waals surface area contributed by atoms with E-state index in [0.717, 1.165) is 28.6 Å². The lowest BCUT2D eigenvalue weighted by Crippen LogP contribution is -2.33. The molecule has 1 amide bonds. The van der Waals surface area contributed by atoms with Gasteiger partial charge >= 0.3 is 6.61 Å². The number of nitrogen functional groups attached to an aromatic ring is 1. The van der Waals surface area contributed by atoms with E-state index in [1.54, 1.807) is 4.90 Å². The summed E-state index contributed by atoms with van der Waals surface area (Å²) in [4.78, 5) is 14.5. The van der Waals surface area contributed by atoms with Crippen molar-refractivity contribution in [3.63, 3.8) is 0 Å². The normalized spacial score (nSPS) is 10.8. The molecule has 0 fully saturated rings. The highest BCUT2D eigenvalue weighted by Gasteiger charge is 2.19. The molecule has 8 nitrogen and oxygen atoms in total. The third kappa shape index (κ3) is 5.98. The largest absolute Gasteiger partial charge is 0.435 e. The molecule has 0 atom stereocenters. The van der Waals surface area contributed by atoms with Gasteiger partial charge in [-0.05, 0) is 61.4 Å². The number of nitriles is 1. The fourth-order valence-electron chi connectivity index (χ4n) is 3.02. The van der Waals surface area contributed by atoms with E-state index in [2.05, 4.69) is 21.0 Å². The van der Waals surface area contributed by atoms with E-state index < -0.39 is 6.61 Å². The van der Waals surface area contributed by atoms with Gasteiger partial charge in [0.2, 0.25) is 11.1 Å². The molecular weight excluding hydrogens is 450 g/mol. The van der Waals surface area contributed by atoms with Crippen LogP contribution in [0.3, 0.4) is 0 Å². The molecule has 0 unspecified atom stereocenters. The molecule has 172 valence electrons. The summed E-state index contributed by atoms with van der Waals surface area (Å²) >= 11 is 1.11. The Bertz CT molecular complexity index is 1160. The number of hydrogen-bond acceptors (Lipinski definition) is 7. The molecule has 3 rings (SSSR count). The molecule has 0 radical (unpaired) electrons. The highest BCUT2D eigenvalue weighted by Crippen LogP contribution is 2.26. The van der Waals surface area contributed by atoms with Gasteiger partial charge in [-0.2, -0.15) is 14.0 Å². The molecule has 0 spiro atoms. The third-order valence-electron chi connectivity index (χ3n) is 4.88. The van der Waals surface area contributed by atoms with Crippen LogP contribution in [-0.4, -0.2) is 39.7 Å². The van der Waals surface area contributed by atoms with Crippen LogP contribution in [-0.2, 0) is 4.79 Å². The van der Waals surface area contributed by atoms with Gasteiger partial charge in [-0.15, -0.1) is 10.2 Å². The van der Waals surface area contributed by atoms with Crippen LogP contribution in [0, 0.1) is 25.2 Å². The van der Waals surface area contributed by atoms with Gasteiger partial charge in [-0.1, -0.05) is 17.8 Å². The van der Waals surface area contributed by atoms with Crippen molar-refractivity contribution in [1.29, 1.82) is 5.26 Å². The van der Waals surface area contributed by atoms with Crippen LogP contribution >= 0.6 is 11.8 Å². The number of aromatic nitrogens is 3. The average Bonchev–Trinajstić information content (AvgIpc) is 3.15. The highest BCUT2D eigenvalue weighted by atomic mass is 32.2. The lowest BCUT2D eigenvalue weighted by Gasteiger charge is -2.22. The van der Waals surface area contributed by atoms with Gasteiger partial charge in [-0.3, -0.25) is 4.79 Å². The summed E-state index contributed by atoms with van der Waals surface area (Å²) in [6.45, 7) is 1.31. The van der Waals surface area contributed by atoms with Crippen molar-refractivity contribution in [3.05, 3.63) is 53.6 Å². The topological polar surface area (TPSA) is 110 Å². The zero-order chi connectivity index (χ0) is 24.0. The van der Waals surface area contributed by atoms with E-state index in [-0.39, 0.29) is 30.4 Å². The number of nitrogens with zero attached hydrogens (tertiary/aromatic N) is 5. The second-order valence-electron chi connectivity index (χ2n) is 7.09. The first-order valence-electron chi connectivity index (χ1n) is 9.93. The number of alkyl halides is 2. The molecule has 3 aromatic rings. The first kappa shape index (κ1) is 24.0. The second-order valence-corrected chi connectivity index (χ2v) is 8.03. The number of rotatable bonds is 9. The highest BCUT2D eigenvalue weighted by molar-refractivity contribution is 7.99. The number of carbonyl (C=O) groups excluding carboxylic acids is 1. The number of halogens is 2. The van der Waals surface area contributed by atoms with Crippen LogP contribution < -0.4 is 15.5 Å². The number of amides is 1. The van der Waals surface area contributed by atoms with Crippen LogP contribution in [0.4, 0.5) is 14.5 Å². The molecule has 2 aromatic carbocycles. The summed E-state index contributed by atoms with van der Waals surface area (Å²) in [7, 11) is 0. The first-order valence-corrected chi connectivity index (χ1v) is 10.9. The molecule has 0 saturated carbocycles. The minimum Gasteiger partial charge on any atom is -0.435 e. The van der Waals surface area contributed by atoms with Crippen molar-refractivity contribution >= 4 is 23.4 Å². The van der Waals surface area contributed by atoms with E-state index in [9.17, 15) is 13.6 Å². The number of nitrogens with two attached hydrogens (primary N) is 1.